The third-order valence-corrected chi connectivity index (χ3v) is 3.76. The van der Waals surface area contributed by atoms with Crippen molar-refractivity contribution < 1.29 is 9.53 Å². The molecule has 2 heterocycles. The van der Waals surface area contributed by atoms with E-state index in [2.05, 4.69) is 10.3 Å². The molecule has 0 aliphatic carbocycles. The van der Waals surface area contributed by atoms with Crippen LogP contribution in [0.2, 0.25) is 5.02 Å². The molecule has 0 radical (unpaired) electrons. The molecule has 1 fully saturated rings. The molecule has 1 aromatic heterocycles. The van der Waals surface area contributed by atoms with Gasteiger partial charge < -0.3 is 10.1 Å². The maximum Gasteiger partial charge on any atom is 0.270 e. The van der Waals surface area contributed by atoms with Crippen LogP contribution in [-0.2, 0) is 4.74 Å². The fourth-order valence-corrected chi connectivity index (χ4v) is 2.58. The van der Waals surface area contributed by atoms with Gasteiger partial charge in [0.2, 0.25) is 0 Å². The molecule has 0 spiro atoms. The summed E-state index contributed by atoms with van der Waals surface area (Å²) in [4.78, 5) is 16.2. The number of aromatic nitrogens is 1. The monoisotopic (exact) mass is 302 g/mol. The first-order chi connectivity index (χ1) is 10.2. The van der Waals surface area contributed by atoms with E-state index in [0.717, 1.165) is 12.0 Å². The second-order valence-corrected chi connectivity index (χ2v) is 5.36. The molecule has 1 aliphatic rings. The molecule has 108 valence electrons. The van der Waals surface area contributed by atoms with Gasteiger partial charge in [0.1, 0.15) is 11.8 Å². The van der Waals surface area contributed by atoms with Crippen LogP contribution in [0.5, 0.6) is 0 Å². The Bertz CT molecular complexity index is 616. The maximum absolute atomic E-state index is 12.2. The summed E-state index contributed by atoms with van der Waals surface area (Å²) in [5.74, 6) is -0.176. The highest BCUT2D eigenvalue weighted by Crippen LogP contribution is 2.30. The Kier molecular flexibility index (Phi) is 4.18. The van der Waals surface area contributed by atoms with Gasteiger partial charge in [0.05, 0.1) is 6.04 Å². The number of ether oxygens (including phenoxy) is 1. The largest absolute Gasteiger partial charge is 0.371 e. The predicted molar refractivity (Wildman–Crippen MR) is 80.3 cm³/mol. The molecule has 5 heteroatoms. The Balaban J connectivity index is 1.72. The van der Waals surface area contributed by atoms with Crippen molar-refractivity contribution in [1.29, 1.82) is 0 Å². The molecule has 0 bridgehead atoms. The van der Waals surface area contributed by atoms with Crippen LogP contribution >= 0.6 is 11.6 Å². The van der Waals surface area contributed by atoms with Crippen molar-refractivity contribution in [3.8, 4) is 0 Å². The van der Waals surface area contributed by atoms with E-state index in [0.29, 0.717) is 17.3 Å². The van der Waals surface area contributed by atoms with Crippen LogP contribution in [0, 0.1) is 0 Å². The van der Waals surface area contributed by atoms with Gasteiger partial charge in [-0.05, 0) is 36.2 Å². The third-order valence-electron chi connectivity index (χ3n) is 3.50. The number of halogens is 1. The first-order valence-corrected chi connectivity index (χ1v) is 7.21. The van der Waals surface area contributed by atoms with Gasteiger partial charge in [-0.2, -0.15) is 0 Å². The molecular formula is C16H15ClN2O2. The van der Waals surface area contributed by atoms with Crippen LogP contribution < -0.4 is 5.32 Å². The van der Waals surface area contributed by atoms with Crippen LogP contribution in [0.25, 0.3) is 0 Å². The standard InChI is InChI=1S/C16H15ClN2O2/c17-12-6-4-11(5-7-12)15-13(8-10-21-15)19-16(20)14-3-1-2-9-18-14/h1-7,9,13,15H,8,10H2,(H,19,20)/t13-,15+/m1/s1. The SMILES string of the molecule is O=C(N[C@@H]1CCO[C@H]1c1ccc(Cl)cc1)c1ccccn1. The van der Waals surface area contributed by atoms with Gasteiger partial charge >= 0.3 is 0 Å². The van der Waals surface area contributed by atoms with E-state index in [1.54, 1.807) is 24.4 Å². The number of carbonyl (C=O) groups excluding carboxylic acids is 1. The lowest BCUT2D eigenvalue weighted by molar-refractivity contribution is 0.0818. The van der Waals surface area contributed by atoms with Crippen LogP contribution in [0.3, 0.4) is 0 Å². The van der Waals surface area contributed by atoms with E-state index in [4.69, 9.17) is 16.3 Å². The van der Waals surface area contributed by atoms with Gasteiger partial charge in [-0.3, -0.25) is 9.78 Å². The second-order valence-electron chi connectivity index (χ2n) is 4.93. The molecule has 4 nitrogen and oxygen atoms in total. The Morgan fingerprint density at radius 2 is 2.05 bits per heavy atom. The van der Waals surface area contributed by atoms with Crippen LogP contribution in [0.4, 0.5) is 0 Å². The lowest BCUT2D eigenvalue weighted by Gasteiger charge is -2.20. The topological polar surface area (TPSA) is 51.2 Å². The lowest BCUT2D eigenvalue weighted by atomic mass is 10.0. The zero-order valence-corrected chi connectivity index (χ0v) is 12.1. The molecule has 1 aromatic carbocycles. The number of pyridine rings is 1. The van der Waals surface area contributed by atoms with Crippen molar-refractivity contribution in [1.82, 2.24) is 10.3 Å². The lowest BCUT2D eigenvalue weighted by Crippen LogP contribution is -2.37. The first-order valence-electron chi connectivity index (χ1n) is 6.83. The minimum atomic E-state index is -0.176. The summed E-state index contributed by atoms with van der Waals surface area (Å²) in [6, 6.07) is 12.7. The molecule has 3 rings (SSSR count). The van der Waals surface area contributed by atoms with Crippen LogP contribution in [0.1, 0.15) is 28.6 Å². The zero-order chi connectivity index (χ0) is 14.7. The minimum Gasteiger partial charge on any atom is -0.371 e. The molecule has 1 N–H and O–H groups in total. The minimum absolute atomic E-state index is 0.0549. The fourth-order valence-electron chi connectivity index (χ4n) is 2.46. The summed E-state index contributed by atoms with van der Waals surface area (Å²) in [5.41, 5.74) is 1.43. The van der Waals surface area contributed by atoms with Gasteiger partial charge in [-0.15, -0.1) is 0 Å². The predicted octanol–water partition coefficient (Wildman–Crippen LogP) is 3.00. The number of amides is 1. The molecular weight excluding hydrogens is 288 g/mol. The average Bonchev–Trinajstić information content (AvgIpc) is 2.97. The normalized spacial score (nSPS) is 21.2. The van der Waals surface area contributed by atoms with Gasteiger partial charge in [-0.1, -0.05) is 29.8 Å². The zero-order valence-electron chi connectivity index (χ0n) is 11.3. The van der Waals surface area contributed by atoms with E-state index in [-0.39, 0.29) is 18.1 Å². The maximum atomic E-state index is 12.2. The van der Waals surface area contributed by atoms with Crippen molar-refractivity contribution in [3.05, 3.63) is 64.9 Å². The quantitative estimate of drug-likeness (QED) is 0.948. The van der Waals surface area contributed by atoms with Gasteiger partial charge in [0.15, 0.2) is 0 Å². The van der Waals surface area contributed by atoms with E-state index in [9.17, 15) is 4.79 Å². The third kappa shape index (κ3) is 3.23. The summed E-state index contributed by atoms with van der Waals surface area (Å²) >= 11 is 5.90. The molecule has 21 heavy (non-hydrogen) atoms. The highest BCUT2D eigenvalue weighted by atomic mass is 35.5. The molecule has 1 aliphatic heterocycles. The summed E-state index contributed by atoms with van der Waals surface area (Å²) in [6.45, 7) is 0.625. The van der Waals surface area contributed by atoms with Gasteiger partial charge in [0, 0.05) is 17.8 Å². The summed E-state index contributed by atoms with van der Waals surface area (Å²) < 4.78 is 5.75. The highest BCUT2D eigenvalue weighted by molar-refractivity contribution is 6.30. The highest BCUT2D eigenvalue weighted by Gasteiger charge is 2.31. The molecule has 0 unspecified atom stereocenters. The van der Waals surface area contributed by atoms with Gasteiger partial charge in [-0.25, -0.2) is 0 Å². The summed E-state index contributed by atoms with van der Waals surface area (Å²) in [5, 5.41) is 3.68. The second kappa shape index (κ2) is 6.24. The number of rotatable bonds is 3. The number of benzene rings is 1. The summed E-state index contributed by atoms with van der Waals surface area (Å²) in [7, 11) is 0. The molecule has 2 aromatic rings. The fraction of sp³-hybridized carbons (Fsp3) is 0.250. The Morgan fingerprint density at radius 3 is 2.76 bits per heavy atom. The molecule has 2 atom stereocenters. The summed E-state index contributed by atoms with van der Waals surface area (Å²) in [6.07, 6.45) is 2.25. The van der Waals surface area contributed by atoms with E-state index < -0.39 is 0 Å². The Hall–Kier alpha value is -1.91. The Morgan fingerprint density at radius 1 is 1.24 bits per heavy atom. The molecule has 1 saturated heterocycles. The number of nitrogens with one attached hydrogen (secondary N) is 1. The average molecular weight is 303 g/mol. The smallest absolute Gasteiger partial charge is 0.270 e. The Labute approximate surface area is 128 Å². The van der Waals surface area contributed by atoms with E-state index >= 15 is 0 Å². The van der Waals surface area contributed by atoms with Crippen molar-refractivity contribution in [2.24, 2.45) is 0 Å². The van der Waals surface area contributed by atoms with Crippen LogP contribution in [-0.4, -0.2) is 23.5 Å². The van der Waals surface area contributed by atoms with Crippen molar-refractivity contribution in [3.63, 3.8) is 0 Å². The first kappa shape index (κ1) is 14.0. The van der Waals surface area contributed by atoms with Gasteiger partial charge in [0.25, 0.3) is 5.91 Å². The van der Waals surface area contributed by atoms with Crippen molar-refractivity contribution in [2.75, 3.05) is 6.61 Å². The number of hydrogen-bond acceptors (Lipinski definition) is 3. The number of carbonyl (C=O) groups is 1. The van der Waals surface area contributed by atoms with E-state index in [1.165, 1.54) is 0 Å². The molecule has 0 saturated carbocycles. The van der Waals surface area contributed by atoms with E-state index in [1.807, 2.05) is 24.3 Å². The molecule has 1 amide bonds. The van der Waals surface area contributed by atoms with Crippen molar-refractivity contribution in [2.45, 2.75) is 18.6 Å². The number of nitrogens with zero attached hydrogens (tertiary/aromatic N) is 1. The van der Waals surface area contributed by atoms with Crippen molar-refractivity contribution >= 4 is 17.5 Å². The van der Waals surface area contributed by atoms with Crippen LogP contribution in [0.15, 0.2) is 48.7 Å². The number of hydrogen-bond donors (Lipinski definition) is 1.